The van der Waals surface area contributed by atoms with Crippen molar-refractivity contribution in [2.45, 2.75) is 25.0 Å². The Labute approximate surface area is 102 Å². The van der Waals surface area contributed by atoms with Gasteiger partial charge in [0.2, 0.25) is 6.41 Å². The Balaban J connectivity index is 2.40. The van der Waals surface area contributed by atoms with E-state index < -0.39 is 24.1 Å². The minimum atomic E-state index is -2.13. The highest BCUT2D eigenvalue weighted by molar-refractivity contribution is 5.85. The van der Waals surface area contributed by atoms with Crippen LogP contribution in [0.1, 0.15) is 12.8 Å². The number of rotatable bonds is 6. The first-order chi connectivity index (χ1) is 8.56. The minimum absolute atomic E-state index is 0.0551. The van der Waals surface area contributed by atoms with Crippen molar-refractivity contribution in [3.8, 4) is 0 Å². The number of hydroxylamine groups is 3. The topological polar surface area (TPSA) is 125 Å². The molecule has 1 heterocycles. The van der Waals surface area contributed by atoms with Gasteiger partial charge in [0.1, 0.15) is 0 Å². The number of nitrogens with zero attached hydrogens (tertiary/aromatic N) is 1. The van der Waals surface area contributed by atoms with Crippen LogP contribution in [0.3, 0.4) is 0 Å². The second-order valence-corrected chi connectivity index (χ2v) is 3.59. The zero-order chi connectivity index (χ0) is 13.5. The second kappa shape index (κ2) is 6.89. The van der Waals surface area contributed by atoms with Gasteiger partial charge in [-0.1, -0.05) is 0 Å². The summed E-state index contributed by atoms with van der Waals surface area (Å²) < 4.78 is 0. The van der Waals surface area contributed by atoms with Crippen LogP contribution in [-0.4, -0.2) is 58.9 Å². The summed E-state index contributed by atoms with van der Waals surface area (Å²) in [7, 11) is 0. The van der Waals surface area contributed by atoms with Crippen LogP contribution in [-0.2, 0) is 24.1 Å². The van der Waals surface area contributed by atoms with E-state index in [2.05, 4.69) is 4.84 Å². The SMILES string of the molecule is O=CNOC(=O)[C@H](O)[C@@H](O)C(=O)ON1CCCC1. The van der Waals surface area contributed by atoms with Crippen LogP contribution in [0.2, 0.25) is 0 Å². The molecule has 0 spiro atoms. The quantitative estimate of drug-likeness (QED) is 0.353. The predicted molar refractivity (Wildman–Crippen MR) is 54.2 cm³/mol. The van der Waals surface area contributed by atoms with Gasteiger partial charge in [0.15, 0.2) is 12.2 Å². The minimum Gasteiger partial charge on any atom is -0.379 e. The van der Waals surface area contributed by atoms with Gasteiger partial charge in [0.25, 0.3) is 0 Å². The number of nitrogens with one attached hydrogen (secondary N) is 1. The smallest absolute Gasteiger partial charge is 0.363 e. The Morgan fingerprint density at radius 2 is 1.72 bits per heavy atom. The maximum absolute atomic E-state index is 11.3. The van der Waals surface area contributed by atoms with Gasteiger partial charge < -0.3 is 19.9 Å². The first kappa shape index (κ1) is 14.4. The van der Waals surface area contributed by atoms with E-state index in [9.17, 15) is 24.6 Å². The molecule has 2 atom stereocenters. The molecule has 1 aliphatic heterocycles. The van der Waals surface area contributed by atoms with Gasteiger partial charge in [-0.2, -0.15) is 5.48 Å². The lowest BCUT2D eigenvalue weighted by atomic mass is 10.2. The fourth-order valence-corrected chi connectivity index (χ4v) is 1.36. The van der Waals surface area contributed by atoms with Crippen LogP contribution < -0.4 is 5.48 Å². The molecular formula is C9H14N2O7. The van der Waals surface area contributed by atoms with Crippen molar-refractivity contribution < 1.29 is 34.3 Å². The lowest BCUT2D eigenvalue weighted by Crippen LogP contribution is -2.44. The highest BCUT2D eigenvalue weighted by atomic mass is 16.7. The van der Waals surface area contributed by atoms with E-state index in [4.69, 9.17) is 4.84 Å². The van der Waals surface area contributed by atoms with E-state index in [-0.39, 0.29) is 6.41 Å². The van der Waals surface area contributed by atoms with Crippen molar-refractivity contribution in [3.63, 3.8) is 0 Å². The largest absolute Gasteiger partial charge is 0.379 e. The van der Waals surface area contributed by atoms with Gasteiger partial charge in [-0.25, -0.2) is 9.59 Å². The summed E-state index contributed by atoms with van der Waals surface area (Å²) in [6.45, 7) is 1.07. The lowest BCUT2D eigenvalue weighted by molar-refractivity contribution is -0.204. The lowest BCUT2D eigenvalue weighted by Gasteiger charge is -2.19. The van der Waals surface area contributed by atoms with Gasteiger partial charge in [0, 0.05) is 13.1 Å². The monoisotopic (exact) mass is 262 g/mol. The first-order valence-corrected chi connectivity index (χ1v) is 5.29. The summed E-state index contributed by atoms with van der Waals surface area (Å²) in [5.41, 5.74) is 1.53. The average Bonchev–Trinajstić information content (AvgIpc) is 2.86. The normalized spacial score (nSPS) is 18.8. The number of carbonyl (C=O) groups is 3. The van der Waals surface area contributed by atoms with E-state index in [1.807, 2.05) is 0 Å². The third-order valence-corrected chi connectivity index (χ3v) is 2.27. The van der Waals surface area contributed by atoms with E-state index in [1.54, 1.807) is 0 Å². The van der Waals surface area contributed by atoms with Crippen molar-refractivity contribution in [3.05, 3.63) is 0 Å². The summed E-state index contributed by atoms with van der Waals surface area (Å²) in [4.78, 5) is 40.9. The molecule has 0 aliphatic carbocycles. The molecule has 18 heavy (non-hydrogen) atoms. The highest BCUT2D eigenvalue weighted by Crippen LogP contribution is 2.09. The highest BCUT2D eigenvalue weighted by Gasteiger charge is 2.35. The molecule has 0 saturated carbocycles. The van der Waals surface area contributed by atoms with Crippen LogP contribution in [0.4, 0.5) is 0 Å². The van der Waals surface area contributed by atoms with Crippen molar-refractivity contribution in [2.75, 3.05) is 13.1 Å². The van der Waals surface area contributed by atoms with E-state index in [0.717, 1.165) is 12.8 Å². The summed E-state index contributed by atoms with van der Waals surface area (Å²) in [6, 6.07) is 0. The predicted octanol–water partition coefficient (Wildman–Crippen LogP) is -2.53. The number of amides is 1. The Hall–Kier alpha value is -1.71. The van der Waals surface area contributed by atoms with Crippen LogP contribution >= 0.6 is 0 Å². The zero-order valence-electron chi connectivity index (χ0n) is 9.44. The molecule has 102 valence electrons. The van der Waals surface area contributed by atoms with E-state index in [1.165, 1.54) is 10.5 Å². The van der Waals surface area contributed by atoms with Crippen molar-refractivity contribution in [2.24, 2.45) is 0 Å². The third kappa shape index (κ3) is 3.95. The maximum atomic E-state index is 11.3. The van der Waals surface area contributed by atoms with Gasteiger partial charge >= 0.3 is 11.9 Å². The number of aliphatic hydroxyl groups is 2. The first-order valence-electron chi connectivity index (χ1n) is 5.29. The third-order valence-electron chi connectivity index (χ3n) is 2.27. The van der Waals surface area contributed by atoms with E-state index >= 15 is 0 Å². The summed E-state index contributed by atoms with van der Waals surface area (Å²) in [5, 5.41) is 19.9. The molecule has 1 fully saturated rings. The van der Waals surface area contributed by atoms with Crippen LogP contribution in [0.25, 0.3) is 0 Å². The molecule has 1 saturated heterocycles. The molecule has 0 aromatic heterocycles. The van der Waals surface area contributed by atoms with Gasteiger partial charge in [-0.3, -0.25) is 4.79 Å². The number of hydrogen-bond acceptors (Lipinski definition) is 8. The number of aliphatic hydroxyl groups excluding tert-OH is 2. The average molecular weight is 262 g/mol. The molecule has 0 radical (unpaired) electrons. The Kier molecular flexibility index (Phi) is 5.49. The fourth-order valence-electron chi connectivity index (χ4n) is 1.36. The fraction of sp³-hybridized carbons (Fsp3) is 0.667. The van der Waals surface area contributed by atoms with Crippen molar-refractivity contribution >= 4 is 18.3 Å². The summed E-state index contributed by atoms with van der Waals surface area (Å²) in [5.74, 6) is -2.53. The molecular weight excluding hydrogens is 248 g/mol. The molecule has 1 rings (SSSR count). The molecule has 9 heteroatoms. The van der Waals surface area contributed by atoms with Gasteiger partial charge in [-0.15, -0.1) is 5.06 Å². The molecule has 0 unspecified atom stereocenters. The van der Waals surface area contributed by atoms with Gasteiger partial charge in [0.05, 0.1) is 0 Å². The standard InChI is InChI=1S/C9H14N2O7/c12-5-10-17-8(15)6(13)7(14)9(16)18-11-3-1-2-4-11/h5-7,13-14H,1-4H2,(H,10,12)/t6-,7-/m1/s1. The van der Waals surface area contributed by atoms with Crippen molar-refractivity contribution in [1.29, 1.82) is 0 Å². The molecule has 0 aromatic rings. The molecule has 1 amide bonds. The van der Waals surface area contributed by atoms with Crippen molar-refractivity contribution in [1.82, 2.24) is 10.5 Å². The summed E-state index contributed by atoms with van der Waals surface area (Å²) in [6.07, 6.45) is -2.44. The maximum Gasteiger partial charge on any atom is 0.363 e. The Bertz CT molecular complexity index is 316. The van der Waals surface area contributed by atoms with Crippen LogP contribution in [0, 0.1) is 0 Å². The zero-order valence-corrected chi connectivity index (χ0v) is 9.44. The van der Waals surface area contributed by atoms with Crippen LogP contribution in [0.5, 0.6) is 0 Å². The molecule has 0 aromatic carbocycles. The van der Waals surface area contributed by atoms with Gasteiger partial charge in [-0.05, 0) is 12.8 Å². The second-order valence-electron chi connectivity index (χ2n) is 3.59. The molecule has 0 bridgehead atoms. The molecule has 1 aliphatic rings. The molecule has 3 N–H and O–H groups in total. The van der Waals surface area contributed by atoms with E-state index in [0.29, 0.717) is 13.1 Å². The number of carbonyl (C=O) groups excluding carboxylic acids is 3. The summed E-state index contributed by atoms with van der Waals surface area (Å²) >= 11 is 0. The Morgan fingerprint density at radius 3 is 2.28 bits per heavy atom. The number of hydrogen-bond donors (Lipinski definition) is 3. The molecule has 9 nitrogen and oxygen atoms in total. The Morgan fingerprint density at radius 1 is 1.17 bits per heavy atom. The van der Waals surface area contributed by atoms with Crippen LogP contribution in [0.15, 0.2) is 0 Å².